The predicted octanol–water partition coefficient (Wildman–Crippen LogP) is 2.10. The van der Waals surface area contributed by atoms with Crippen LogP contribution in [0.1, 0.15) is 40.7 Å². The molecule has 2 amide bonds. The van der Waals surface area contributed by atoms with Crippen molar-refractivity contribution in [3.63, 3.8) is 0 Å². The highest BCUT2D eigenvalue weighted by atomic mass is 32.2. The number of nitrogens with one attached hydrogen (secondary N) is 1. The number of carbonyl (C=O) groups excluding carboxylic acids is 2. The summed E-state index contributed by atoms with van der Waals surface area (Å²) < 4.78 is 25.3. The van der Waals surface area contributed by atoms with E-state index < -0.39 is 9.84 Å². The van der Waals surface area contributed by atoms with Gasteiger partial charge in [0, 0.05) is 19.2 Å². The lowest BCUT2D eigenvalue weighted by Gasteiger charge is -2.31. The van der Waals surface area contributed by atoms with Crippen molar-refractivity contribution in [3.05, 3.63) is 34.2 Å². The van der Waals surface area contributed by atoms with Crippen LogP contribution in [-0.4, -0.2) is 59.5 Å². The summed E-state index contributed by atoms with van der Waals surface area (Å²) in [5.41, 5.74) is 0.725. The molecule has 4 rings (SSSR count). The molecule has 8 nitrogen and oxygen atoms in total. The number of aromatic nitrogens is 2. The maximum atomic E-state index is 12.9. The maximum absolute atomic E-state index is 12.9. The molecule has 2 saturated heterocycles. The molecule has 1 N–H and O–H groups in total. The van der Waals surface area contributed by atoms with Crippen molar-refractivity contribution in [2.75, 3.05) is 29.9 Å². The number of hydrogen-bond donors (Lipinski definition) is 1. The first-order chi connectivity index (χ1) is 13.8. The van der Waals surface area contributed by atoms with Gasteiger partial charge in [0.2, 0.25) is 5.91 Å². The molecule has 2 fully saturated rings. The highest BCUT2D eigenvalue weighted by molar-refractivity contribution is 7.91. The Morgan fingerprint density at radius 2 is 2.14 bits per heavy atom. The summed E-state index contributed by atoms with van der Waals surface area (Å²) in [7, 11) is -3.06. The van der Waals surface area contributed by atoms with Gasteiger partial charge in [-0.25, -0.2) is 13.1 Å². The first-order valence-corrected chi connectivity index (χ1v) is 12.4. The molecule has 4 heterocycles. The molecule has 156 valence electrons. The van der Waals surface area contributed by atoms with E-state index in [1.54, 1.807) is 21.7 Å². The number of aryl methyl sites for hydroxylation is 1. The molecular formula is C19H24N4O4S2. The fourth-order valence-corrected chi connectivity index (χ4v) is 6.40. The predicted molar refractivity (Wildman–Crippen MR) is 111 cm³/mol. The number of sulfone groups is 1. The lowest BCUT2D eigenvalue weighted by atomic mass is 9.97. The fraction of sp³-hybridized carbons (Fsp3) is 0.526. The summed E-state index contributed by atoms with van der Waals surface area (Å²) >= 11 is 1.40. The van der Waals surface area contributed by atoms with Gasteiger partial charge in [-0.1, -0.05) is 6.07 Å². The van der Waals surface area contributed by atoms with Crippen molar-refractivity contribution >= 4 is 38.8 Å². The second-order valence-corrected chi connectivity index (χ2v) is 10.9. The fourth-order valence-electron chi connectivity index (χ4n) is 4.02. The molecule has 0 saturated carbocycles. The summed E-state index contributed by atoms with van der Waals surface area (Å²) in [5.74, 6) is 0.223. The van der Waals surface area contributed by atoms with E-state index in [4.69, 9.17) is 0 Å². The van der Waals surface area contributed by atoms with Gasteiger partial charge in [-0.2, -0.15) is 5.10 Å². The minimum absolute atomic E-state index is 0.0328. The normalized spacial score (nSPS) is 23.8. The number of nitrogens with zero attached hydrogens (tertiary/aromatic N) is 3. The molecule has 10 heteroatoms. The van der Waals surface area contributed by atoms with Crippen LogP contribution in [0, 0.1) is 12.8 Å². The highest BCUT2D eigenvalue weighted by Gasteiger charge is 2.33. The maximum Gasteiger partial charge on any atom is 0.263 e. The zero-order valence-corrected chi connectivity index (χ0v) is 17.8. The Morgan fingerprint density at radius 1 is 1.31 bits per heavy atom. The van der Waals surface area contributed by atoms with Crippen LogP contribution in [0.15, 0.2) is 23.6 Å². The summed E-state index contributed by atoms with van der Waals surface area (Å²) in [4.78, 5) is 28.0. The smallest absolute Gasteiger partial charge is 0.263 e. The Bertz CT molecular complexity index is 1010. The highest BCUT2D eigenvalue weighted by Crippen LogP contribution is 2.28. The summed E-state index contributed by atoms with van der Waals surface area (Å²) in [6.07, 6.45) is 1.98. The molecule has 0 bridgehead atoms. The van der Waals surface area contributed by atoms with E-state index in [2.05, 4.69) is 10.4 Å². The van der Waals surface area contributed by atoms with Crippen LogP contribution < -0.4 is 5.32 Å². The van der Waals surface area contributed by atoms with Crippen LogP contribution in [0.2, 0.25) is 0 Å². The Balaban J connectivity index is 1.45. The number of likely N-dealkylation sites (tertiary alicyclic amines) is 1. The van der Waals surface area contributed by atoms with Gasteiger partial charge < -0.3 is 10.2 Å². The standard InChI is InChI=1S/C19H24N4O4S2/c1-13-10-17(23(21-13)15-6-9-29(26,27)12-15)20-18(24)14-4-2-7-22(11-14)19(25)16-5-3-8-28-16/h3,5,8,10,14-15H,2,4,6-7,9,11-12H2,1H3,(H,20,24). The number of thiophene rings is 1. The monoisotopic (exact) mass is 436 g/mol. The summed E-state index contributed by atoms with van der Waals surface area (Å²) in [5, 5.41) is 9.21. The van der Waals surface area contributed by atoms with Crippen molar-refractivity contribution in [1.82, 2.24) is 14.7 Å². The summed E-state index contributed by atoms with van der Waals surface area (Å²) in [6.45, 7) is 2.85. The van der Waals surface area contributed by atoms with Gasteiger partial charge >= 0.3 is 0 Å². The Labute approximate surface area is 173 Å². The van der Waals surface area contributed by atoms with Gasteiger partial charge in [0.05, 0.1) is 34.0 Å². The quantitative estimate of drug-likeness (QED) is 0.791. The van der Waals surface area contributed by atoms with Gasteiger partial charge in [0.25, 0.3) is 5.91 Å². The molecule has 2 aromatic rings. The number of rotatable bonds is 4. The van der Waals surface area contributed by atoms with E-state index in [0.29, 0.717) is 36.6 Å². The molecule has 2 unspecified atom stereocenters. The largest absolute Gasteiger partial charge is 0.337 e. The van der Waals surface area contributed by atoms with E-state index in [0.717, 1.165) is 12.1 Å². The molecule has 2 atom stereocenters. The SMILES string of the molecule is Cc1cc(NC(=O)C2CCCN(C(=O)c3cccs3)C2)n(C2CCS(=O)(=O)C2)n1. The topological polar surface area (TPSA) is 101 Å². The van der Waals surface area contributed by atoms with Crippen LogP contribution in [0.3, 0.4) is 0 Å². The van der Waals surface area contributed by atoms with Crippen molar-refractivity contribution in [2.24, 2.45) is 5.92 Å². The summed E-state index contributed by atoms with van der Waals surface area (Å²) in [6, 6.07) is 5.15. The van der Waals surface area contributed by atoms with Crippen molar-refractivity contribution in [2.45, 2.75) is 32.2 Å². The molecule has 0 aromatic carbocycles. The van der Waals surface area contributed by atoms with Crippen LogP contribution in [0.5, 0.6) is 0 Å². The third kappa shape index (κ3) is 4.37. The van der Waals surface area contributed by atoms with Gasteiger partial charge in [0.1, 0.15) is 5.82 Å². The van der Waals surface area contributed by atoms with Crippen molar-refractivity contribution in [1.29, 1.82) is 0 Å². The number of piperidine rings is 1. The van der Waals surface area contributed by atoms with Gasteiger partial charge in [-0.3, -0.25) is 9.59 Å². The van der Waals surface area contributed by atoms with E-state index in [1.807, 2.05) is 18.4 Å². The molecule has 2 aliphatic rings. The average Bonchev–Trinajstić information content (AvgIpc) is 3.41. The van der Waals surface area contributed by atoms with E-state index in [1.165, 1.54) is 11.3 Å². The minimum atomic E-state index is -3.06. The number of hydrogen-bond acceptors (Lipinski definition) is 6. The Hall–Kier alpha value is -2.20. The first kappa shape index (κ1) is 20.1. The van der Waals surface area contributed by atoms with Gasteiger partial charge in [-0.15, -0.1) is 11.3 Å². The lowest BCUT2D eigenvalue weighted by molar-refractivity contribution is -0.121. The third-order valence-electron chi connectivity index (χ3n) is 5.47. The zero-order chi connectivity index (χ0) is 20.6. The molecule has 2 aromatic heterocycles. The third-order valence-corrected chi connectivity index (χ3v) is 8.08. The molecule has 29 heavy (non-hydrogen) atoms. The van der Waals surface area contributed by atoms with Crippen LogP contribution in [0.4, 0.5) is 5.82 Å². The number of anilines is 1. The van der Waals surface area contributed by atoms with Crippen LogP contribution >= 0.6 is 11.3 Å². The Morgan fingerprint density at radius 3 is 2.83 bits per heavy atom. The van der Waals surface area contributed by atoms with Crippen molar-refractivity contribution < 1.29 is 18.0 Å². The molecule has 0 spiro atoms. The first-order valence-electron chi connectivity index (χ1n) is 9.72. The second-order valence-electron chi connectivity index (χ2n) is 7.73. The average molecular weight is 437 g/mol. The molecule has 0 aliphatic carbocycles. The molecular weight excluding hydrogens is 412 g/mol. The van der Waals surface area contributed by atoms with E-state index in [9.17, 15) is 18.0 Å². The molecule has 0 radical (unpaired) electrons. The van der Waals surface area contributed by atoms with Gasteiger partial charge in [0.15, 0.2) is 9.84 Å². The van der Waals surface area contributed by atoms with Gasteiger partial charge in [-0.05, 0) is 37.6 Å². The number of amides is 2. The van der Waals surface area contributed by atoms with Crippen LogP contribution in [-0.2, 0) is 14.6 Å². The Kier molecular flexibility index (Phi) is 5.48. The lowest BCUT2D eigenvalue weighted by Crippen LogP contribution is -2.43. The van der Waals surface area contributed by atoms with Crippen LogP contribution in [0.25, 0.3) is 0 Å². The minimum Gasteiger partial charge on any atom is -0.337 e. The van der Waals surface area contributed by atoms with E-state index in [-0.39, 0.29) is 35.3 Å². The molecule has 2 aliphatic heterocycles. The van der Waals surface area contributed by atoms with Crippen molar-refractivity contribution in [3.8, 4) is 0 Å². The second kappa shape index (κ2) is 7.91. The number of carbonyl (C=O) groups is 2. The van der Waals surface area contributed by atoms with E-state index >= 15 is 0 Å². The zero-order valence-electron chi connectivity index (χ0n) is 16.2.